The molecule has 1 saturated carbocycles. The van der Waals surface area contributed by atoms with Crippen LogP contribution in [0, 0.1) is 0 Å². The number of halogens is 3. The second-order valence-electron chi connectivity index (χ2n) is 5.10. The molecule has 21 heavy (non-hydrogen) atoms. The predicted molar refractivity (Wildman–Crippen MR) is 70.9 cm³/mol. The second-order valence-corrected chi connectivity index (χ2v) is 5.10. The van der Waals surface area contributed by atoms with Gasteiger partial charge in [0.05, 0.1) is 0 Å². The maximum absolute atomic E-state index is 12.0. The zero-order chi connectivity index (χ0) is 15.5. The minimum absolute atomic E-state index is 0.332. The van der Waals surface area contributed by atoms with E-state index in [1.807, 2.05) is 0 Å². The van der Waals surface area contributed by atoms with E-state index in [4.69, 9.17) is 5.73 Å². The standard InChI is InChI=1S/C13H16F3N3O2/c14-13(15,16)21-10-4-2-9(3-5-10)19-11(20)18-8-12(17)6-1-7-12/h2-5H,1,6-8,17H2,(H2,18,19,20). The number of carbonyl (C=O) groups excluding carboxylic acids is 1. The first-order valence-electron chi connectivity index (χ1n) is 6.45. The summed E-state index contributed by atoms with van der Waals surface area (Å²) in [5.74, 6) is -0.344. The van der Waals surface area contributed by atoms with Crippen LogP contribution in [0.4, 0.5) is 23.7 Å². The van der Waals surface area contributed by atoms with Crippen LogP contribution >= 0.6 is 0 Å². The van der Waals surface area contributed by atoms with Crippen molar-refractivity contribution < 1.29 is 22.7 Å². The molecule has 0 aliphatic heterocycles. The number of anilines is 1. The van der Waals surface area contributed by atoms with E-state index in [1.165, 1.54) is 12.1 Å². The summed E-state index contributed by atoms with van der Waals surface area (Å²) in [6.07, 6.45) is -1.93. The smallest absolute Gasteiger partial charge is 0.406 e. The Hall–Kier alpha value is -1.96. The van der Waals surface area contributed by atoms with E-state index in [1.54, 1.807) is 0 Å². The number of hydrogen-bond donors (Lipinski definition) is 3. The number of ether oxygens (including phenoxy) is 1. The molecule has 5 nitrogen and oxygen atoms in total. The van der Waals surface area contributed by atoms with E-state index >= 15 is 0 Å². The predicted octanol–water partition coefficient (Wildman–Crippen LogP) is 2.59. The Morgan fingerprint density at radius 1 is 1.29 bits per heavy atom. The largest absolute Gasteiger partial charge is 0.573 e. The zero-order valence-corrected chi connectivity index (χ0v) is 11.2. The molecule has 0 radical (unpaired) electrons. The van der Waals surface area contributed by atoms with Gasteiger partial charge in [0, 0.05) is 17.8 Å². The van der Waals surface area contributed by atoms with Crippen molar-refractivity contribution in [3.8, 4) is 5.75 Å². The lowest BCUT2D eigenvalue weighted by atomic mass is 9.78. The normalized spacial score (nSPS) is 16.8. The summed E-state index contributed by atoms with van der Waals surface area (Å²) < 4.78 is 39.7. The number of urea groups is 1. The topological polar surface area (TPSA) is 76.4 Å². The van der Waals surface area contributed by atoms with Crippen LogP contribution in [-0.2, 0) is 0 Å². The molecule has 2 amide bonds. The quantitative estimate of drug-likeness (QED) is 0.800. The summed E-state index contributed by atoms with van der Waals surface area (Å²) in [7, 11) is 0. The fourth-order valence-electron chi connectivity index (χ4n) is 1.98. The molecule has 1 fully saturated rings. The van der Waals surface area contributed by atoms with Gasteiger partial charge in [-0.25, -0.2) is 4.79 Å². The van der Waals surface area contributed by atoms with Crippen molar-refractivity contribution in [2.24, 2.45) is 5.73 Å². The first kappa shape index (κ1) is 15.4. The molecule has 2 rings (SSSR count). The lowest BCUT2D eigenvalue weighted by molar-refractivity contribution is -0.274. The van der Waals surface area contributed by atoms with Crippen molar-refractivity contribution in [3.63, 3.8) is 0 Å². The average molecular weight is 303 g/mol. The van der Waals surface area contributed by atoms with Crippen LogP contribution < -0.4 is 21.1 Å². The van der Waals surface area contributed by atoms with Crippen LogP contribution in [0.25, 0.3) is 0 Å². The van der Waals surface area contributed by atoms with Crippen molar-refractivity contribution in [1.82, 2.24) is 5.32 Å². The molecule has 0 atom stereocenters. The molecule has 1 aromatic carbocycles. The molecule has 1 aliphatic carbocycles. The first-order chi connectivity index (χ1) is 9.76. The van der Waals surface area contributed by atoms with Crippen LogP contribution in [0.15, 0.2) is 24.3 Å². The number of benzene rings is 1. The Bertz CT molecular complexity index is 498. The maximum Gasteiger partial charge on any atom is 0.573 e. The molecular formula is C13H16F3N3O2. The number of rotatable bonds is 4. The highest BCUT2D eigenvalue weighted by molar-refractivity contribution is 5.89. The third-order valence-corrected chi connectivity index (χ3v) is 3.30. The van der Waals surface area contributed by atoms with Gasteiger partial charge in [-0.1, -0.05) is 0 Å². The summed E-state index contributed by atoms with van der Waals surface area (Å²) in [5, 5.41) is 5.15. The third-order valence-electron chi connectivity index (χ3n) is 3.30. The Labute approximate surface area is 119 Å². The molecule has 0 unspecified atom stereocenters. The fourth-order valence-corrected chi connectivity index (χ4v) is 1.98. The van der Waals surface area contributed by atoms with Crippen molar-refractivity contribution in [3.05, 3.63) is 24.3 Å². The zero-order valence-electron chi connectivity index (χ0n) is 11.2. The van der Waals surface area contributed by atoms with E-state index in [0.29, 0.717) is 12.2 Å². The number of alkyl halides is 3. The molecule has 0 saturated heterocycles. The van der Waals surface area contributed by atoms with Crippen LogP contribution in [0.1, 0.15) is 19.3 Å². The van der Waals surface area contributed by atoms with Crippen LogP contribution in [0.5, 0.6) is 5.75 Å². The Balaban J connectivity index is 1.81. The highest BCUT2D eigenvalue weighted by Gasteiger charge is 2.32. The molecule has 8 heteroatoms. The first-order valence-corrected chi connectivity index (χ1v) is 6.45. The number of nitrogens with two attached hydrogens (primary N) is 1. The van der Waals surface area contributed by atoms with Gasteiger partial charge >= 0.3 is 12.4 Å². The number of amides is 2. The molecule has 0 spiro atoms. The molecule has 0 heterocycles. The van der Waals surface area contributed by atoms with E-state index in [0.717, 1.165) is 31.4 Å². The lowest BCUT2D eigenvalue weighted by Gasteiger charge is -2.38. The Kier molecular flexibility index (Phi) is 4.26. The summed E-state index contributed by atoms with van der Waals surface area (Å²) in [5.41, 5.74) is 5.99. The van der Waals surface area contributed by atoms with Gasteiger partial charge in [0.25, 0.3) is 0 Å². The minimum atomic E-state index is -4.73. The molecule has 4 N–H and O–H groups in total. The van der Waals surface area contributed by atoms with Gasteiger partial charge in [-0.05, 0) is 43.5 Å². The molecule has 1 aromatic rings. The molecule has 0 aromatic heterocycles. The highest BCUT2D eigenvalue weighted by Crippen LogP contribution is 2.28. The van der Waals surface area contributed by atoms with E-state index in [2.05, 4.69) is 15.4 Å². The lowest BCUT2D eigenvalue weighted by Crippen LogP contribution is -2.55. The molecule has 116 valence electrons. The van der Waals surface area contributed by atoms with Crippen molar-refractivity contribution >= 4 is 11.7 Å². The average Bonchev–Trinajstić information content (AvgIpc) is 2.35. The number of carbonyl (C=O) groups is 1. The van der Waals surface area contributed by atoms with Crippen molar-refractivity contribution in [2.45, 2.75) is 31.2 Å². The maximum atomic E-state index is 12.0. The van der Waals surface area contributed by atoms with E-state index in [9.17, 15) is 18.0 Å². The molecule has 0 bridgehead atoms. The van der Waals surface area contributed by atoms with Gasteiger partial charge in [0.2, 0.25) is 0 Å². The van der Waals surface area contributed by atoms with Gasteiger partial charge in [-0.3, -0.25) is 0 Å². The van der Waals surface area contributed by atoms with Crippen LogP contribution in [0.3, 0.4) is 0 Å². The van der Waals surface area contributed by atoms with Gasteiger partial charge in [-0.15, -0.1) is 13.2 Å². The van der Waals surface area contributed by atoms with Gasteiger partial charge in [0.1, 0.15) is 5.75 Å². The van der Waals surface area contributed by atoms with Crippen molar-refractivity contribution in [1.29, 1.82) is 0 Å². The minimum Gasteiger partial charge on any atom is -0.406 e. The van der Waals surface area contributed by atoms with Crippen LogP contribution in [0.2, 0.25) is 0 Å². The summed E-state index contributed by atoms with van der Waals surface area (Å²) in [4.78, 5) is 11.6. The molecular weight excluding hydrogens is 287 g/mol. The summed E-state index contributed by atoms with van der Waals surface area (Å²) in [6.45, 7) is 0.369. The second kappa shape index (κ2) is 5.80. The fraction of sp³-hybridized carbons (Fsp3) is 0.462. The third kappa shape index (κ3) is 4.82. The van der Waals surface area contributed by atoms with E-state index < -0.39 is 12.4 Å². The van der Waals surface area contributed by atoms with Gasteiger partial charge in [-0.2, -0.15) is 0 Å². The summed E-state index contributed by atoms with van der Waals surface area (Å²) in [6, 6.07) is 4.44. The van der Waals surface area contributed by atoms with Gasteiger partial charge in [0.15, 0.2) is 0 Å². The van der Waals surface area contributed by atoms with Crippen LogP contribution in [-0.4, -0.2) is 24.5 Å². The highest BCUT2D eigenvalue weighted by atomic mass is 19.4. The Morgan fingerprint density at radius 3 is 2.38 bits per heavy atom. The number of nitrogens with one attached hydrogen (secondary N) is 2. The monoisotopic (exact) mass is 303 g/mol. The van der Waals surface area contributed by atoms with E-state index in [-0.39, 0.29) is 11.3 Å². The summed E-state index contributed by atoms with van der Waals surface area (Å²) >= 11 is 0. The Morgan fingerprint density at radius 2 is 1.90 bits per heavy atom. The van der Waals surface area contributed by atoms with Crippen molar-refractivity contribution in [2.75, 3.05) is 11.9 Å². The number of hydrogen-bond acceptors (Lipinski definition) is 3. The van der Waals surface area contributed by atoms with Gasteiger partial charge < -0.3 is 21.1 Å². The molecule has 1 aliphatic rings. The SMILES string of the molecule is NC1(CNC(=O)Nc2ccc(OC(F)(F)F)cc2)CCC1.